The van der Waals surface area contributed by atoms with E-state index in [1.54, 1.807) is 5.57 Å². The van der Waals surface area contributed by atoms with Gasteiger partial charge < -0.3 is 5.32 Å². The summed E-state index contributed by atoms with van der Waals surface area (Å²) >= 11 is 0. The molecule has 0 aromatic carbocycles. The van der Waals surface area contributed by atoms with Crippen molar-refractivity contribution in [3.63, 3.8) is 0 Å². The second-order valence-corrected chi connectivity index (χ2v) is 6.75. The van der Waals surface area contributed by atoms with Crippen LogP contribution in [0.3, 0.4) is 0 Å². The molecule has 0 saturated heterocycles. The first-order chi connectivity index (χ1) is 11.3. The molecule has 122 valence electrons. The third kappa shape index (κ3) is 2.96. The van der Waals surface area contributed by atoms with Gasteiger partial charge in [0.25, 0.3) is 5.78 Å². The molecular formula is C18H25N5. The molecule has 0 saturated carbocycles. The minimum atomic E-state index is 0.738. The molecule has 0 unspecified atom stereocenters. The molecule has 0 amide bonds. The Balaban J connectivity index is 1.60. The summed E-state index contributed by atoms with van der Waals surface area (Å²) in [5.74, 6) is 2.65. The zero-order valence-electron chi connectivity index (χ0n) is 13.9. The van der Waals surface area contributed by atoms with Crippen molar-refractivity contribution in [1.82, 2.24) is 19.6 Å². The average Bonchev–Trinajstić information content (AvgIpc) is 2.95. The van der Waals surface area contributed by atoms with E-state index in [1.165, 1.54) is 49.8 Å². The summed E-state index contributed by atoms with van der Waals surface area (Å²) in [6.45, 7) is 2.90. The lowest BCUT2D eigenvalue weighted by Gasteiger charge is -2.20. The van der Waals surface area contributed by atoms with Crippen molar-refractivity contribution in [3.05, 3.63) is 28.7 Å². The van der Waals surface area contributed by atoms with Crippen LogP contribution in [0.4, 0.5) is 5.82 Å². The highest BCUT2D eigenvalue weighted by atomic mass is 15.4. The maximum absolute atomic E-state index is 4.73. The fourth-order valence-electron chi connectivity index (χ4n) is 3.80. The highest BCUT2D eigenvalue weighted by Gasteiger charge is 2.20. The molecule has 4 rings (SSSR count). The molecule has 0 aliphatic heterocycles. The molecule has 2 aromatic heterocycles. The number of aromatic nitrogens is 4. The molecule has 5 nitrogen and oxygen atoms in total. The van der Waals surface area contributed by atoms with E-state index in [0.29, 0.717) is 0 Å². The lowest BCUT2D eigenvalue weighted by molar-refractivity contribution is 0.658. The molecule has 0 radical (unpaired) electrons. The predicted octanol–water partition coefficient (Wildman–Crippen LogP) is 3.61. The second kappa shape index (κ2) is 6.30. The number of fused-ring (bicyclic) bond motifs is 2. The van der Waals surface area contributed by atoms with Gasteiger partial charge in [-0.1, -0.05) is 11.6 Å². The van der Waals surface area contributed by atoms with Crippen molar-refractivity contribution in [2.75, 3.05) is 11.9 Å². The minimum absolute atomic E-state index is 0.738. The molecule has 2 heterocycles. The van der Waals surface area contributed by atoms with Gasteiger partial charge in [-0.15, -0.1) is 5.10 Å². The fourth-order valence-corrected chi connectivity index (χ4v) is 3.80. The fraction of sp³-hybridized carbons (Fsp3) is 0.611. The zero-order valence-corrected chi connectivity index (χ0v) is 13.9. The number of rotatable bonds is 4. The molecule has 1 N–H and O–H groups in total. The monoisotopic (exact) mass is 311 g/mol. The van der Waals surface area contributed by atoms with Gasteiger partial charge in [-0.3, -0.25) is 0 Å². The van der Waals surface area contributed by atoms with Crippen LogP contribution in [0.1, 0.15) is 62.0 Å². The van der Waals surface area contributed by atoms with E-state index in [-0.39, 0.29) is 0 Å². The summed E-state index contributed by atoms with van der Waals surface area (Å²) < 4.78 is 1.91. The Hall–Kier alpha value is -1.91. The number of anilines is 1. The number of nitrogens with zero attached hydrogens (tertiary/aromatic N) is 4. The van der Waals surface area contributed by atoms with Crippen LogP contribution in [0.15, 0.2) is 11.6 Å². The maximum Gasteiger partial charge on any atom is 0.254 e. The molecule has 0 atom stereocenters. The summed E-state index contributed by atoms with van der Waals surface area (Å²) in [5, 5.41) is 8.21. The molecular weight excluding hydrogens is 286 g/mol. The van der Waals surface area contributed by atoms with Crippen LogP contribution in [0.2, 0.25) is 0 Å². The third-order valence-electron chi connectivity index (χ3n) is 4.99. The van der Waals surface area contributed by atoms with E-state index in [1.807, 2.05) is 11.4 Å². The van der Waals surface area contributed by atoms with Crippen LogP contribution in [-0.4, -0.2) is 26.1 Å². The summed E-state index contributed by atoms with van der Waals surface area (Å²) in [6, 6.07) is 0. The largest absolute Gasteiger partial charge is 0.369 e. The molecule has 0 fully saturated rings. The molecule has 5 heteroatoms. The number of aryl methyl sites for hydroxylation is 2. The summed E-state index contributed by atoms with van der Waals surface area (Å²) in [7, 11) is 0. The van der Waals surface area contributed by atoms with E-state index in [0.717, 1.165) is 43.2 Å². The lowest BCUT2D eigenvalue weighted by Crippen LogP contribution is -2.16. The maximum atomic E-state index is 4.73. The normalized spacial score (nSPS) is 17.9. The van der Waals surface area contributed by atoms with Gasteiger partial charge in [0, 0.05) is 12.1 Å². The van der Waals surface area contributed by atoms with Gasteiger partial charge in [-0.05, 0) is 64.7 Å². The van der Waals surface area contributed by atoms with Crippen molar-refractivity contribution >= 4 is 11.6 Å². The average molecular weight is 311 g/mol. The predicted molar refractivity (Wildman–Crippen MR) is 91.8 cm³/mol. The molecule has 0 spiro atoms. The first kappa shape index (κ1) is 14.7. The molecule has 2 aliphatic carbocycles. The van der Waals surface area contributed by atoms with Crippen LogP contribution in [0.5, 0.6) is 0 Å². The summed E-state index contributed by atoms with van der Waals surface area (Å²) in [4.78, 5) is 9.20. The van der Waals surface area contributed by atoms with Crippen molar-refractivity contribution in [1.29, 1.82) is 0 Å². The van der Waals surface area contributed by atoms with E-state index in [4.69, 9.17) is 4.98 Å². The Bertz CT molecular complexity index is 743. The Labute approximate surface area is 137 Å². The van der Waals surface area contributed by atoms with Crippen molar-refractivity contribution < 1.29 is 0 Å². The SMILES string of the molecule is Cc1nc2nc3c(c(NCCC4=CCCCC4)n2n1)CCCC3. The first-order valence-corrected chi connectivity index (χ1v) is 8.98. The minimum Gasteiger partial charge on any atom is -0.369 e. The quantitative estimate of drug-likeness (QED) is 0.876. The first-order valence-electron chi connectivity index (χ1n) is 8.98. The summed E-state index contributed by atoms with van der Waals surface area (Å²) in [6.07, 6.45) is 13.4. The topological polar surface area (TPSA) is 55.1 Å². The van der Waals surface area contributed by atoms with Gasteiger partial charge >= 0.3 is 0 Å². The Morgan fingerprint density at radius 2 is 1.96 bits per heavy atom. The van der Waals surface area contributed by atoms with Gasteiger partial charge in [0.15, 0.2) is 0 Å². The Kier molecular flexibility index (Phi) is 4.02. The van der Waals surface area contributed by atoms with Crippen molar-refractivity contribution in [2.24, 2.45) is 0 Å². The molecule has 23 heavy (non-hydrogen) atoms. The zero-order chi connectivity index (χ0) is 15.6. The highest BCUT2D eigenvalue weighted by Crippen LogP contribution is 2.28. The third-order valence-corrected chi connectivity index (χ3v) is 4.99. The smallest absolute Gasteiger partial charge is 0.254 e. The Morgan fingerprint density at radius 1 is 1.09 bits per heavy atom. The van der Waals surface area contributed by atoms with Crippen LogP contribution < -0.4 is 5.32 Å². The number of allylic oxidation sites excluding steroid dienone is 1. The van der Waals surface area contributed by atoms with Crippen LogP contribution >= 0.6 is 0 Å². The number of hydrogen-bond acceptors (Lipinski definition) is 4. The molecule has 0 bridgehead atoms. The van der Waals surface area contributed by atoms with E-state index in [9.17, 15) is 0 Å². The highest BCUT2D eigenvalue weighted by molar-refractivity contribution is 5.54. The van der Waals surface area contributed by atoms with E-state index >= 15 is 0 Å². The van der Waals surface area contributed by atoms with Gasteiger partial charge in [-0.2, -0.15) is 9.50 Å². The van der Waals surface area contributed by atoms with Crippen LogP contribution in [0, 0.1) is 6.92 Å². The lowest BCUT2D eigenvalue weighted by atomic mass is 9.96. The number of hydrogen-bond donors (Lipinski definition) is 1. The van der Waals surface area contributed by atoms with Crippen molar-refractivity contribution in [2.45, 2.75) is 64.7 Å². The Morgan fingerprint density at radius 3 is 2.83 bits per heavy atom. The summed E-state index contributed by atoms with van der Waals surface area (Å²) in [5.41, 5.74) is 4.18. The van der Waals surface area contributed by atoms with E-state index < -0.39 is 0 Å². The van der Waals surface area contributed by atoms with E-state index in [2.05, 4.69) is 21.5 Å². The van der Waals surface area contributed by atoms with Gasteiger partial charge in [0.2, 0.25) is 0 Å². The van der Waals surface area contributed by atoms with Gasteiger partial charge in [-0.25, -0.2) is 4.98 Å². The standard InChI is InChI=1S/C18H25N5/c1-13-20-18-21-16-10-6-5-9-15(16)17(23(18)22-13)19-12-11-14-7-3-2-4-8-14/h7,19H,2-6,8-12H2,1H3. The molecule has 2 aromatic rings. The number of nitrogens with one attached hydrogen (secondary N) is 1. The van der Waals surface area contributed by atoms with Crippen LogP contribution in [0.25, 0.3) is 5.78 Å². The van der Waals surface area contributed by atoms with Gasteiger partial charge in [0.1, 0.15) is 11.6 Å². The molecule has 2 aliphatic rings. The van der Waals surface area contributed by atoms with Crippen molar-refractivity contribution in [3.8, 4) is 0 Å². The van der Waals surface area contributed by atoms with Gasteiger partial charge in [0.05, 0.1) is 5.69 Å². The van der Waals surface area contributed by atoms with Crippen LogP contribution in [-0.2, 0) is 12.8 Å². The second-order valence-electron chi connectivity index (χ2n) is 6.75.